The first-order valence-corrected chi connectivity index (χ1v) is 8.14. The van der Waals surface area contributed by atoms with E-state index in [0.29, 0.717) is 24.9 Å². The molecular weight excluding hydrogens is 264 g/mol. The standard InChI is InChI=1S/C18H26O3/c19-18-12-6-4-10-17(11-5-7-13-18)15-21-20-14-16-8-2-1-3-9-16/h1-3,8-9,17H,4-7,10-15H2. The predicted octanol–water partition coefficient (Wildman–Crippen LogP) is 4.45. The summed E-state index contributed by atoms with van der Waals surface area (Å²) >= 11 is 0. The van der Waals surface area contributed by atoms with E-state index in [0.717, 1.165) is 56.9 Å². The maximum Gasteiger partial charge on any atom is 0.132 e. The first-order chi connectivity index (χ1) is 10.3. The summed E-state index contributed by atoms with van der Waals surface area (Å²) in [4.78, 5) is 22.2. The SMILES string of the molecule is O=C1CCCCC(COOCc2ccccc2)CCCC1. The summed E-state index contributed by atoms with van der Waals surface area (Å²) < 4.78 is 0. The maximum atomic E-state index is 11.5. The quantitative estimate of drug-likeness (QED) is 0.456. The molecule has 1 fully saturated rings. The van der Waals surface area contributed by atoms with Gasteiger partial charge in [0.1, 0.15) is 12.4 Å². The zero-order valence-electron chi connectivity index (χ0n) is 12.8. The Hall–Kier alpha value is -1.19. The van der Waals surface area contributed by atoms with Crippen molar-refractivity contribution in [3.8, 4) is 0 Å². The molecule has 1 aliphatic rings. The molecule has 0 bridgehead atoms. The molecule has 3 heteroatoms. The number of hydrogen-bond acceptors (Lipinski definition) is 3. The fourth-order valence-electron chi connectivity index (χ4n) is 2.77. The van der Waals surface area contributed by atoms with Gasteiger partial charge in [0, 0.05) is 12.8 Å². The van der Waals surface area contributed by atoms with Crippen LogP contribution in [-0.4, -0.2) is 12.4 Å². The highest BCUT2D eigenvalue weighted by Gasteiger charge is 2.13. The fourth-order valence-corrected chi connectivity index (χ4v) is 2.77. The second kappa shape index (κ2) is 9.69. The molecule has 1 saturated carbocycles. The molecule has 0 N–H and O–H groups in total. The monoisotopic (exact) mass is 290 g/mol. The van der Waals surface area contributed by atoms with E-state index in [1.807, 2.05) is 30.3 Å². The number of rotatable bonds is 5. The van der Waals surface area contributed by atoms with E-state index in [-0.39, 0.29) is 0 Å². The topological polar surface area (TPSA) is 35.5 Å². The average molecular weight is 290 g/mol. The fraction of sp³-hybridized carbons (Fsp3) is 0.611. The van der Waals surface area contributed by atoms with Crippen LogP contribution in [0.25, 0.3) is 0 Å². The Kier molecular flexibility index (Phi) is 7.47. The smallest absolute Gasteiger partial charge is 0.132 e. The van der Waals surface area contributed by atoms with Crippen LogP contribution >= 0.6 is 0 Å². The van der Waals surface area contributed by atoms with E-state index in [9.17, 15) is 4.79 Å². The van der Waals surface area contributed by atoms with Crippen LogP contribution in [0, 0.1) is 5.92 Å². The van der Waals surface area contributed by atoms with Crippen molar-refractivity contribution in [3.63, 3.8) is 0 Å². The normalized spacial score (nSPS) is 18.6. The zero-order valence-corrected chi connectivity index (χ0v) is 12.8. The minimum atomic E-state index is 0.441. The van der Waals surface area contributed by atoms with Crippen molar-refractivity contribution in [2.24, 2.45) is 5.92 Å². The van der Waals surface area contributed by atoms with Gasteiger partial charge in [-0.15, -0.1) is 0 Å². The van der Waals surface area contributed by atoms with Crippen molar-refractivity contribution in [2.45, 2.75) is 58.0 Å². The number of carbonyl (C=O) groups excluding carboxylic acids is 1. The molecule has 0 amide bonds. The van der Waals surface area contributed by atoms with Gasteiger partial charge >= 0.3 is 0 Å². The van der Waals surface area contributed by atoms with Crippen molar-refractivity contribution in [1.29, 1.82) is 0 Å². The number of ketones is 1. The molecule has 0 atom stereocenters. The van der Waals surface area contributed by atoms with Crippen molar-refractivity contribution in [1.82, 2.24) is 0 Å². The van der Waals surface area contributed by atoms with Crippen LogP contribution in [0.5, 0.6) is 0 Å². The number of hydrogen-bond donors (Lipinski definition) is 0. The van der Waals surface area contributed by atoms with Crippen molar-refractivity contribution in [2.75, 3.05) is 6.61 Å². The molecule has 0 spiro atoms. The highest BCUT2D eigenvalue weighted by atomic mass is 17.2. The number of Topliss-reactive ketones (excluding diaryl/α,β-unsaturated/α-hetero) is 1. The molecule has 1 aromatic rings. The maximum absolute atomic E-state index is 11.5. The molecule has 1 aliphatic carbocycles. The Bertz CT molecular complexity index is 388. The molecule has 2 rings (SSSR count). The van der Waals surface area contributed by atoms with Gasteiger partial charge in [-0.1, -0.05) is 43.2 Å². The summed E-state index contributed by atoms with van der Waals surface area (Å²) in [6.45, 7) is 1.17. The molecule has 21 heavy (non-hydrogen) atoms. The molecule has 1 aromatic carbocycles. The van der Waals surface area contributed by atoms with Gasteiger partial charge in [-0.25, -0.2) is 9.78 Å². The largest absolute Gasteiger partial charge is 0.300 e. The van der Waals surface area contributed by atoms with Crippen LogP contribution in [0.15, 0.2) is 30.3 Å². The summed E-state index contributed by atoms with van der Waals surface area (Å²) in [7, 11) is 0. The van der Waals surface area contributed by atoms with Gasteiger partial charge in [0.15, 0.2) is 0 Å². The molecule has 0 aromatic heterocycles. The van der Waals surface area contributed by atoms with Gasteiger partial charge in [0.05, 0.1) is 6.61 Å². The number of carbonyl (C=O) groups is 1. The third kappa shape index (κ3) is 6.87. The van der Waals surface area contributed by atoms with Crippen LogP contribution < -0.4 is 0 Å². The minimum absolute atomic E-state index is 0.441. The van der Waals surface area contributed by atoms with Gasteiger partial charge in [-0.3, -0.25) is 4.79 Å². The predicted molar refractivity (Wildman–Crippen MR) is 82.6 cm³/mol. The summed E-state index contributed by atoms with van der Waals surface area (Å²) in [5.74, 6) is 1.00. The van der Waals surface area contributed by atoms with E-state index in [2.05, 4.69) is 0 Å². The van der Waals surface area contributed by atoms with Gasteiger partial charge in [0.25, 0.3) is 0 Å². The van der Waals surface area contributed by atoms with Crippen LogP contribution in [-0.2, 0) is 21.2 Å². The highest BCUT2D eigenvalue weighted by Crippen LogP contribution is 2.21. The van der Waals surface area contributed by atoms with Gasteiger partial charge in [-0.2, -0.15) is 0 Å². The second-order valence-electron chi connectivity index (χ2n) is 5.93. The lowest BCUT2D eigenvalue weighted by atomic mass is 9.92. The molecule has 0 heterocycles. The van der Waals surface area contributed by atoms with Crippen LogP contribution in [0.1, 0.15) is 56.9 Å². The van der Waals surface area contributed by atoms with Gasteiger partial charge < -0.3 is 0 Å². The Labute approximate surface area is 127 Å². The van der Waals surface area contributed by atoms with Crippen molar-refractivity contribution < 1.29 is 14.6 Å². The lowest BCUT2D eigenvalue weighted by molar-refractivity contribution is -0.311. The molecule has 0 radical (unpaired) electrons. The average Bonchev–Trinajstić information content (AvgIpc) is 2.52. The van der Waals surface area contributed by atoms with Crippen molar-refractivity contribution >= 4 is 5.78 Å². The van der Waals surface area contributed by atoms with Crippen LogP contribution in [0.2, 0.25) is 0 Å². The Balaban J connectivity index is 1.63. The Morgan fingerprint density at radius 3 is 2.24 bits per heavy atom. The lowest BCUT2D eigenvalue weighted by Gasteiger charge is -2.17. The summed E-state index contributed by atoms with van der Waals surface area (Å²) in [5, 5.41) is 0. The second-order valence-corrected chi connectivity index (χ2v) is 5.93. The number of benzene rings is 1. The Morgan fingerprint density at radius 2 is 1.57 bits per heavy atom. The van der Waals surface area contributed by atoms with Crippen LogP contribution in [0.4, 0.5) is 0 Å². The lowest BCUT2D eigenvalue weighted by Crippen LogP contribution is -2.12. The third-order valence-corrected chi connectivity index (χ3v) is 4.09. The van der Waals surface area contributed by atoms with Gasteiger partial charge in [-0.05, 0) is 37.2 Å². The third-order valence-electron chi connectivity index (χ3n) is 4.09. The minimum Gasteiger partial charge on any atom is -0.300 e. The molecule has 0 aliphatic heterocycles. The van der Waals surface area contributed by atoms with Crippen molar-refractivity contribution in [3.05, 3.63) is 35.9 Å². The highest BCUT2D eigenvalue weighted by molar-refractivity contribution is 5.78. The molecule has 3 nitrogen and oxygen atoms in total. The first-order valence-electron chi connectivity index (χ1n) is 8.14. The zero-order chi connectivity index (χ0) is 14.8. The van der Waals surface area contributed by atoms with E-state index < -0.39 is 0 Å². The summed E-state index contributed by atoms with van der Waals surface area (Å²) in [5.41, 5.74) is 1.13. The van der Waals surface area contributed by atoms with E-state index in [1.165, 1.54) is 0 Å². The van der Waals surface area contributed by atoms with E-state index in [1.54, 1.807) is 0 Å². The van der Waals surface area contributed by atoms with E-state index >= 15 is 0 Å². The molecular formula is C18H26O3. The van der Waals surface area contributed by atoms with E-state index in [4.69, 9.17) is 9.78 Å². The summed E-state index contributed by atoms with van der Waals surface area (Å²) in [6.07, 6.45) is 8.11. The molecule has 0 saturated heterocycles. The van der Waals surface area contributed by atoms with Gasteiger partial charge in [0.2, 0.25) is 0 Å². The van der Waals surface area contributed by atoms with Crippen LogP contribution in [0.3, 0.4) is 0 Å². The first kappa shape index (κ1) is 16.2. The molecule has 0 unspecified atom stereocenters. The summed E-state index contributed by atoms with van der Waals surface area (Å²) in [6, 6.07) is 10.1. The Morgan fingerprint density at radius 1 is 0.905 bits per heavy atom. The molecule has 116 valence electrons.